The van der Waals surface area contributed by atoms with Crippen LogP contribution in [0.25, 0.3) is 0 Å². The summed E-state index contributed by atoms with van der Waals surface area (Å²) in [5.74, 6) is 0.455. The van der Waals surface area contributed by atoms with E-state index in [4.69, 9.17) is 4.74 Å². The Hall–Kier alpha value is -1.66. The predicted octanol–water partition coefficient (Wildman–Crippen LogP) is 2.01. The van der Waals surface area contributed by atoms with Crippen LogP contribution in [0.5, 0.6) is 5.88 Å². The number of hydrogen-bond acceptors (Lipinski definition) is 6. The van der Waals surface area contributed by atoms with Gasteiger partial charge in [-0.3, -0.25) is 0 Å². The van der Waals surface area contributed by atoms with Gasteiger partial charge >= 0.3 is 0 Å². The van der Waals surface area contributed by atoms with E-state index in [-0.39, 0.29) is 6.61 Å². The zero-order valence-electron chi connectivity index (χ0n) is 11.0. The molecule has 0 amide bonds. The maximum atomic E-state index is 9.86. The number of ether oxygens (including phenoxy) is 1. The van der Waals surface area contributed by atoms with Crippen LogP contribution in [-0.4, -0.2) is 33.1 Å². The fourth-order valence-electron chi connectivity index (χ4n) is 1.77. The number of hydrogen-bond donors (Lipinski definition) is 2. The first-order valence-electron chi connectivity index (χ1n) is 6.05. The number of benzene rings is 1. The standard InChI is InChI=1S/C13H17N3O2S/c1-9-4-3-5-10(2)13(9)14-6-11(17)8-18-12-7-15-19-16-12/h3-5,7,11,14,17H,6,8H2,1-2H3. The molecule has 2 N–H and O–H groups in total. The molecule has 2 rings (SSSR count). The molecule has 6 heteroatoms. The highest BCUT2D eigenvalue weighted by Gasteiger charge is 2.08. The van der Waals surface area contributed by atoms with Gasteiger partial charge in [-0.2, -0.15) is 4.37 Å². The summed E-state index contributed by atoms with van der Waals surface area (Å²) >= 11 is 1.08. The van der Waals surface area contributed by atoms with Crippen molar-refractivity contribution in [3.8, 4) is 5.88 Å². The van der Waals surface area contributed by atoms with Gasteiger partial charge in [0.25, 0.3) is 0 Å². The first-order chi connectivity index (χ1) is 9.16. The maximum absolute atomic E-state index is 9.86. The fourth-order valence-corrected chi connectivity index (χ4v) is 2.14. The summed E-state index contributed by atoms with van der Waals surface area (Å²) < 4.78 is 13.0. The Balaban J connectivity index is 1.81. The Kier molecular flexibility index (Phi) is 4.70. The summed E-state index contributed by atoms with van der Waals surface area (Å²) in [7, 11) is 0. The van der Waals surface area contributed by atoms with Gasteiger partial charge in [0, 0.05) is 12.2 Å². The number of anilines is 1. The zero-order chi connectivity index (χ0) is 13.7. The van der Waals surface area contributed by atoms with E-state index in [1.807, 2.05) is 32.0 Å². The molecule has 0 radical (unpaired) electrons. The number of aromatic nitrogens is 2. The van der Waals surface area contributed by atoms with Crippen LogP contribution in [0, 0.1) is 13.8 Å². The highest BCUT2D eigenvalue weighted by molar-refractivity contribution is 6.99. The molecule has 0 spiro atoms. The average Bonchev–Trinajstić information content (AvgIpc) is 2.89. The molecular weight excluding hydrogens is 262 g/mol. The number of para-hydroxylation sites is 1. The maximum Gasteiger partial charge on any atom is 0.245 e. The van der Waals surface area contributed by atoms with Crippen molar-refractivity contribution in [1.29, 1.82) is 0 Å². The first kappa shape index (κ1) is 13.8. The van der Waals surface area contributed by atoms with Gasteiger partial charge in [0.15, 0.2) is 0 Å². The molecule has 0 aliphatic carbocycles. The first-order valence-corrected chi connectivity index (χ1v) is 6.78. The Bertz CT molecular complexity index is 496. The molecule has 1 aromatic carbocycles. The number of nitrogens with zero attached hydrogens (tertiary/aromatic N) is 2. The molecule has 1 unspecified atom stereocenters. The number of nitrogens with one attached hydrogen (secondary N) is 1. The summed E-state index contributed by atoms with van der Waals surface area (Å²) in [6, 6.07) is 6.10. The summed E-state index contributed by atoms with van der Waals surface area (Å²) in [6.07, 6.45) is 0.941. The van der Waals surface area contributed by atoms with E-state index in [1.54, 1.807) is 0 Å². The largest absolute Gasteiger partial charge is 0.473 e. The lowest BCUT2D eigenvalue weighted by atomic mass is 10.1. The lowest BCUT2D eigenvalue weighted by molar-refractivity contribution is 0.115. The van der Waals surface area contributed by atoms with Crippen molar-refractivity contribution in [2.45, 2.75) is 20.0 Å². The van der Waals surface area contributed by atoms with Gasteiger partial charge in [-0.05, 0) is 25.0 Å². The van der Waals surface area contributed by atoms with Gasteiger partial charge in [0.1, 0.15) is 18.9 Å². The number of aryl methyl sites for hydroxylation is 2. The lowest BCUT2D eigenvalue weighted by Gasteiger charge is -2.16. The lowest BCUT2D eigenvalue weighted by Crippen LogP contribution is -2.26. The van der Waals surface area contributed by atoms with Crippen LogP contribution >= 0.6 is 11.7 Å². The molecule has 0 saturated carbocycles. The second-order valence-electron chi connectivity index (χ2n) is 4.36. The van der Waals surface area contributed by atoms with Crippen LogP contribution in [0.15, 0.2) is 24.4 Å². The van der Waals surface area contributed by atoms with Crippen LogP contribution in [0.4, 0.5) is 5.69 Å². The molecule has 1 heterocycles. The summed E-state index contributed by atoms with van der Waals surface area (Å²) in [4.78, 5) is 0. The molecule has 0 saturated heterocycles. The van der Waals surface area contributed by atoms with E-state index in [0.29, 0.717) is 12.4 Å². The third-order valence-electron chi connectivity index (χ3n) is 2.76. The Morgan fingerprint density at radius 1 is 1.37 bits per heavy atom. The van der Waals surface area contributed by atoms with E-state index in [2.05, 4.69) is 14.1 Å². The van der Waals surface area contributed by atoms with Gasteiger partial charge < -0.3 is 15.2 Å². The predicted molar refractivity (Wildman–Crippen MR) is 75.8 cm³/mol. The van der Waals surface area contributed by atoms with E-state index in [0.717, 1.165) is 28.5 Å². The van der Waals surface area contributed by atoms with Crippen molar-refractivity contribution in [1.82, 2.24) is 8.75 Å². The number of aliphatic hydroxyl groups is 1. The minimum absolute atomic E-state index is 0.198. The fraction of sp³-hybridized carbons (Fsp3) is 0.385. The van der Waals surface area contributed by atoms with E-state index < -0.39 is 6.10 Å². The Morgan fingerprint density at radius 2 is 2.11 bits per heavy atom. The third kappa shape index (κ3) is 3.90. The minimum Gasteiger partial charge on any atom is -0.473 e. The van der Waals surface area contributed by atoms with Crippen molar-refractivity contribution in [2.75, 3.05) is 18.5 Å². The quantitative estimate of drug-likeness (QED) is 0.846. The normalized spacial score (nSPS) is 12.2. The van der Waals surface area contributed by atoms with Crippen LogP contribution in [0.1, 0.15) is 11.1 Å². The third-order valence-corrected chi connectivity index (χ3v) is 3.22. The van der Waals surface area contributed by atoms with Crippen molar-refractivity contribution >= 4 is 17.4 Å². The van der Waals surface area contributed by atoms with Gasteiger partial charge in [-0.25, -0.2) is 0 Å². The summed E-state index contributed by atoms with van der Waals surface area (Å²) in [5, 5.41) is 13.1. The molecule has 5 nitrogen and oxygen atoms in total. The summed E-state index contributed by atoms with van der Waals surface area (Å²) in [5.41, 5.74) is 3.39. The minimum atomic E-state index is -0.597. The van der Waals surface area contributed by atoms with Crippen LogP contribution in [-0.2, 0) is 0 Å². The number of rotatable bonds is 6. The average molecular weight is 279 g/mol. The molecule has 1 atom stereocenters. The topological polar surface area (TPSA) is 67.3 Å². The highest BCUT2D eigenvalue weighted by atomic mass is 32.1. The second kappa shape index (κ2) is 6.49. The summed E-state index contributed by atoms with van der Waals surface area (Å²) in [6.45, 7) is 4.71. The molecule has 0 aliphatic rings. The van der Waals surface area contributed by atoms with E-state index in [1.165, 1.54) is 6.20 Å². The number of aliphatic hydroxyl groups excluding tert-OH is 1. The van der Waals surface area contributed by atoms with Crippen molar-refractivity contribution in [3.05, 3.63) is 35.5 Å². The van der Waals surface area contributed by atoms with E-state index in [9.17, 15) is 5.11 Å². The smallest absolute Gasteiger partial charge is 0.245 e. The molecule has 2 aromatic rings. The van der Waals surface area contributed by atoms with Crippen LogP contribution in [0.3, 0.4) is 0 Å². The monoisotopic (exact) mass is 279 g/mol. The van der Waals surface area contributed by atoms with Gasteiger partial charge in [-0.1, -0.05) is 18.2 Å². The van der Waals surface area contributed by atoms with Crippen molar-refractivity contribution < 1.29 is 9.84 Å². The molecule has 1 aromatic heterocycles. The van der Waals surface area contributed by atoms with E-state index >= 15 is 0 Å². The molecule has 102 valence electrons. The Labute approximate surface area is 116 Å². The van der Waals surface area contributed by atoms with Gasteiger partial charge in [0.2, 0.25) is 5.88 Å². The van der Waals surface area contributed by atoms with Crippen LogP contribution in [0.2, 0.25) is 0 Å². The molecule has 19 heavy (non-hydrogen) atoms. The highest BCUT2D eigenvalue weighted by Crippen LogP contribution is 2.19. The molecule has 0 fully saturated rings. The van der Waals surface area contributed by atoms with Gasteiger partial charge in [0.05, 0.1) is 11.7 Å². The van der Waals surface area contributed by atoms with Crippen molar-refractivity contribution in [3.63, 3.8) is 0 Å². The molecule has 0 bridgehead atoms. The van der Waals surface area contributed by atoms with Gasteiger partial charge in [-0.15, -0.1) is 4.37 Å². The second-order valence-corrected chi connectivity index (χ2v) is 4.91. The SMILES string of the molecule is Cc1cccc(C)c1NCC(O)COc1cnsn1. The zero-order valence-corrected chi connectivity index (χ0v) is 11.8. The van der Waals surface area contributed by atoms with Crippen molar-refractivity contribution in [2.24, 2.45) is 0 Å². The van der Waals surface area contributed by atoms with Crippen LogP contribution < -0.4 is 10.1 Å². The molecular formula is C13H17N3O2S. The molecule has 0 aliphatic heterocycles. The Morgan fingerprint density at radius 3 is 2.74 bits per heavy atom.